The molecule has 0 radical (unpaired) electrons. The van der Waals surface area contributed by atoms with E-state index < -0.39 is 11.6 Å². The van der Waals surface area contributed by atoms with Crippen LogP contribution in [0.15, 0.2) is 18.2 Å². The van der Waals surface area contributed by atoms with Crippen molar-refractivity contribution in [3.8, 4) is 0 Å². The molecule has 1 aliphatic heterocycles. The van der Waals surface area contributed by atoms with E-state index in [0.29, 0.717) is 13.2 Å². The summed E-state index contributed by atoms with van der Waals surface area (Å²) < 4.78 is 23.8. The Morgan fingerprint density at radius 1 is 1.58 bits per heavy atom. The maximum atomic E-state index is 12.9. The van der Waals surface area contributed by atoms with E-state index in [1.54, 1.807) is 0 Å². The van der Waals surface area contributed by atoms with Crippen molar-refractivity contribution in [2.75, 3.05) is 18.9 Å². The zero-order valence-corrected chi connectivity index (χ0v) is 10.9. The highest BCUT2D eigenvalue weighted by Crippen LogP contribution is 2.21. The van der Waals surface area contributed by atoms with Crippen molar-refractivity contribution < 1.29 is 18.7 Å². The van der Waals surface area contributed by atoms with Gasteiger partial charge in [0.05, 0.1) is 12.2 Å². The Kier molecular flexibility index (Phi) is 3.73. The van der Waals surface area contributed by atoms with Crippen LogP contribution in [0.3, 0.4) is 0 Å². The number of anilines is 1. The van der Waals surface area contributed by atoms with E-state index in [0.717, 1.165) is 6.07 Å². The zero-order valence-electron chi connectivity index (χ0n) is 10.9. The van der Waals surface area contributed by atoms with Crippen LogP contribution in [-0.4, -0.2) is 30.9 Å². The fourth-order valence-electron chi connectivity index (χ4n) is 1.91. The molecule has 0 saturated carbocycles. The van der Waals surface area contributed by atoms with Crippen LogP contribution in [-0.2, 0) is 9.47 Å². The number of halogens is 1. The van der Waals surface area contributed by atoms with E-state index in [-0.39, 0.29) is 23.3 Å². The van der Waals surface area contributed by atoms with Crippen molar-refractivity contribution in [1.82, 2.24) is 5.32 Å². The van der Waals surface area contributed by atoms with Gasteiger partial charge in [0.2, 0.25) is 0 Å². The molecule has 1 amide bonds. The normalized spacial score (nSPS) is 21.3. The third-order valence-corrected chi connectivity index (χ3v) is 2.82. The average Bonchev–Trinajstić information content (AvgIpc) is 2.66. The molecular formula is C13H17FN2O3. The summed E-state index contributed by atoms with van der Waals surface area (Å²) in [6.45, 7) is 4.37. The summed E-state index contributed by atoms with van der Waals surface area (Å²) in [5.41, 5.74) is 5.95. The fraction of sp³-hybridized carbons (Fsp3) is 0.462. The smallest absolute Gasteiger partial charge is 0.253 e. The summed E-state index contributed by atoms with van der Waals surface area (Å²) in [4.78, 5) is 11.9. The Bertz CT molecular complexity index is 491. The average molecular weight is 268 g/mol. The summed E-state index contributed by atoms with van der Waals surface area (Å²) in [6.07, 6.45) is -0.194. The quantitative estimate of drug-likeness (QED) is 0.810. The number of hydrogen-bond donors (Lipinski definition) is 2. The number of nitrogens with one attached hydrogen (secondary N) is 1. The lowest BCUT2D eigenvalue weighted by Gasteiger charge is -2.17. The summed E-state index contributed by atoms with van der Waals surface area (Å²) >= 11 is 0. The first-order valence-electron chi connectivity index (χ1n) is 6.02. The third kappa shape index (κ3) is 3.42. The number of carbonyl (C=O) groups is 1. The lowest BCUT2D eigenvalue weighted by Crippen LogP contribution is -2.34. The van der Waals surface area contributed by atoms with Crippen molar-refractivity contribution in [3.63, 3.8) is 0 Å². The molecule has 104 valence electrons. The molecular weight excluding hydrogens is 251 g/mol. The second-order valence-corrected chi connectivity index (χ2v) is 4.89. The van der Waals surface area contributed by atoms with E-state index in [4.69, 9.17) is 15.2 Å². The summed E-state index contributed by atoms with van der Waals surface area (Å²) in [5.74, 6) is -1.45. The molecule has 1 atom stereocenters. The summed E-state index contributed by atoms with van der Waals surface area (Å²) in [7, 11) is 0. The van der Waals surface area contributed by atoms with Crippen LogP contribution in [0, 0.1) is 5.82 Å². The molecule has 1 saturated heterocycles. The van der Waals surface area contributed by atoms with Crippen LogP contribution >= 0.6 is 0 Å². The van der Waals surface area contributed by atoms with Gasteiger partial charge in [-0.1, -0.05) is 0 Å². The number of amides is 1. The molecule has 3 N–H and O–H groups in total. The number of rotatable bonds is 3. The maximum Gasteiger partial charge on any atom is 0.253 e. The second-order valence-electron chi connectivity index (χ2n) is 4.89. The lowest BCUT2D eigenvalue weighted by molar-refractivity contribution is -0.137. The van der Waals surface area contributed by atoms with Gasteiger partial charge in [0.25, 0.3) is 5.91 Å². The van der Waals surface area contributed by atoms with E-state index in [1.165, 1.54) is 12.1 Å². The lowest BCUT2D eigenvalue weighted by atomic mass is 10.1. The third-order valence-electron chi connectivity index (χ3n) is 2.82. The van der Waals surface area contributed by atoms with Gasteiger partial charge >= 0.3 is 0 Å². The Morgan fingerprint density at radius 2 is 2.32 bits per heavy atom. The van der Waals surface area contributed by atoms with E-state index in [2.05, 4.69) is 5.32 Å². The van der Waals surface area contributed by atoms with Gasteiger partial charge in [-0.3, -0.25) is 4.79 Å². The second kappa shape index (κ2) is 5.14. The largest absolute Gasteiger partial charge is 0.398 e. The summed E-state index contributed by atoms with van der Waals surface area (Å²) in [6, 6.07) is 3.67. The minimum Gasteiger partial charge on any atom is -0.398 e. The Hall–Kier alpha value is -1.66. The molecule has 0 aromatic heterocycles. The van der Waals surface area contributed by atoms with Gasteiger partial charge in [-0.05, 0) is 32.0 Å². The highest BCUT2D eigenvalue weighted by molar-refractivity contribution is 5.99. The molecule has 2 rings (SSSR count). The number of ether oxygens (including phenoxy) is 2. The van der Waals surface area contributed by atoms with Gasteiger partial charge in [-0.2, -0.15) is 0 Å². The fourth-order valence-corrected chi connectivity index (χ4v) is 1.91. The van der Waals surface area contributed by atoms with Crippen LogP contribution in [0.4, 0.5) is 10.1 Å². The zero-order chi connectivity index (χ0) is 14.0. The first-order chi connectivity index (χ1) is 8.87. The van der Waals surface area contributed by atoms with Crippen molar-refractivity contribution >= 4 is 11.6 Å². The summed E-state index contributed by atoms with van der Waals surface area (Å²) in [5, 5.41) is 2.69. The molecule has 1 heterocycles. The highest BCUT2D eigenvalue weighted by Gasteiger charge is 2.32. The molecule has 1 unspecified atom stereocenters. The van der Waals surface area contributed by atoms with Crippen molar-refractivity contribution in [3.05, 3.63) is 29.6 Å². The molecule has 1 fully saturated rings. The Balaban J connectivity index is 1.91. The molecule has 1 aromatic rings. The van der Waals surface area contributed by atoms with Crippen molar-refractivity contribution in [1.29, 1.82) is 0 Å². The molecule has 1 aliphatic rings. The number of carbonyl (C=O) groups excluding carboxylic acids is 1. The topological polar surface area (TPSA) is 73.6 Å². The van der Waals surface area contributed by atoms with Crippen LogP contribution < -0.4 is 11.1 Å². The van der Waals surface area contributed by atoms with E-state index in [9.17, 15) is 9.18 Å². The molecule has 0 aliphatic carbocycles. The van der Waals surface area contributed by atoms with E-state index in [1.807, 2.05) is 13.8 Å². The van der Waals surface area contributed by atoms with Gasteiger partial charge in [-0.15, -0.1) is 0 Å². The van der Waals surface area contributed by atoms with Gasteiger partial charge in [0, 0.05) is 12.2 Å². The Morgan fingerprint density at radius 3 is 2.89 bits per heavy atom. The molecule has 19 heavy (non-hydrogen) atoms. The molecule has 0 bridgehead atoms. The van der Waals surface area contributed by atoms with Crippen molar-refractivity contribution in [2.24, 2.45) is 0 Å². The number of nitrogens with two attached hydrogens (primary N) is 1. The maximum absolute atomic E-state index is 12.9. The van der Waals surface area contributed by atoms with Crippen molar-refractivity contribution in [2.45, 2.75) is 25.7 Å². The van der Waals surface area contributed by atoms with Crippen LogP contribution in [0.1, 0.15) is 24.2 Å². The highest BCUT2D eigenvalue weighted by atomic mass is 19.1. The van der Waals surface area contributed by atoms with Gasteiger partial charge in [0.1, 0.15) is 11.9 Å². The van der Waals surface area contributed by atoms with Gasteiger partial charge in [0.15, 0.2) is 5.79 Å². The predicted octanol–water partition coefficient (Wildman–Crippen LogP) is 1.29. The predicted molar refractivity (Wildman–Crippen MR) is 68.0 cm³/mol. The van der Waals surface area contributed by atoms with Gasteiger partial charge in [-0.25, -0.2) is 4.39 Å². The number of hydrogen-bond acceptors (Lipinski definition) is 4. The minimum absolute atomic E-state index is 0.112. The monoisotopic (exact) mass is 268 g/mol. The standard InChI is InChI=1S/C13H17FN2O3/c1-13(2)18-7-9(19-13)6-16-12(17)10-4-3-8(14)5-11(10)15/h3-5,9H,6-7,15H2,1-2H3,(H,16,17). The molecule has 5 nitrogen and oxygen atoms in total. The van der Waals surface area contributed by atoms with Crippen LogP contribution in [0.5, 0.6) is 0 Å². The molecule has 0 spiro atoms. The first kappa shape index (κ1) is 13.8. The SMILES string of the molecule is CC1(C)OCC(CNC(=O)c2ccc(F)cc2N)O1. The van der Waals surface area contributed by atoms with E-state index >= 15 is 0 Å². The van der Waals surface area contributed by atoms with Crippen LogP contribution in [0.2, 0.25) is 0 Å². The Labute approximate surface area is 110 Å². The van der Waals surface area contributed by atoms with Gasteiger partial charge < -0.3 is 20.5 Å². The first-order valence-corrected chi connectivity index (χ1v) is 6.02. The number of benzene rings is 1. The number of nitrogen functional groups attached to an aromatic ring is 1. The minimum atomic E-state index is -0.621. The molecule has 6 heteroatoms. The van der Waals surface area contributed by atoms with Crippen LogP contribution in [0.25, 0.3) is 0 Å². The molecule has 1 aromatic carbocycles.